The maximum atomic E-state index is 12.8. The van der Waals surface area contributed by atoms with E-state index >= 15 is 0 Å². The van der Waals surface area contributed by atoms with Crippen molar-refractivity contribution in [1.29, 1.82) is 0 Å². The molecule has 0 spiro atoms. The second-order valence-electron chi connectivity index (χ2n) is 5.67. The lowest BCUT2D eigenvalue weighted by molar-refractivity contribution is 0.0716. The summed E-state index contributed by atoms with van der Waals surface area (Å²) in [7, 11) is 0. The largest absolute Gasteiger partial charge is 0.355 e. The van der Waals surface area contributed by atoms with Gasteiger partial charge in [-0.3, -0.25) is 4.79 Å². The third-order valence-electron chi connectivity index (χ3n) is 4.04. The van der Waals surface area contributed by atoms with Crippen molar-refractivity contribution < 1.29 is 4.79 Å². The predicted octanol–water partition coefficient (Wildman–Crippen LogP) is 2.99. The van der Waals surface area contributed by atoms with E-state index in [1.807, 2.05) is 59.5 Å². The van der Waals surface area contributed by atoms with Crippen LogP contribution in [0, 0.1) is 0 Å². The number of carbonyl (C=O) groups is 1. The van der Waals surface area contributed by atoms with Gasteiger partial charge < -0.3 is 16.0 Å². The molecule has 2 aromatic rings. The molecule has 22 heavy (non-hydrogen) atoms. The maximum absolute atomic E-state index is 12.8. The van der Waals surface area contributed by atoms with Crippen molar-refractivity contribution in [3.05, 3.63) is 60.2 Å². The van der Waals surface area contributed by atoms with E-state index in [0.29, 0.717) is 5.56 Å². The van der Waals surface area contributed by atoms with Gasteiger partial charge in [0.2, 0.25) is 0 Å². The molecule has 0 aromatic heterocycles. The van der Waals surface area contributed by atoms with Gasteiger partial charge in [0.25, 0.3) is 5.91 Å². The molecule has 0 saturated carbocycles. The van der Waals surface area contributed by atoms with Crippen molar-refractivity contribution >= 4 is 17.3 Å². The second-order valence-corrected chi connectivity index (χ2v) is 5.67. The molecule has 0 aliphatic carbocycles. The lowest BCUT2D eigenvalue weighted by Crippen LogP contribution is -2.43. The van der Waals surface area contributed by atoms with Gasteiger partial charge in [0.15, 0.2) is 0 Å². The Bertz CT molecular complexity index is 634. The van der Waals surface area contributed by atoms with Crippen molar-refractivity contribution in [2.24, 2.45) is 5.73 Å². The molecule has 1 saturated heterocycles. The molecule has 1 amide bonds. The minimum atomic E-state index is 0.0749. The van der Waals surface area contributed by atoms with Crippen LogP contribution in [0.3, 0.4) is 0 Å². The Balaban J connectivity index is 1.80. The zero-order valence-corrected chi connectivity index (χ0v) is 12.5. The van der Waals surface area contributed by atoms with Gasteiger partial charge in [0, 0.05) is 24.8 Å². The number of para-hydroxylation sites is 2. The van der Waals surface area contributed by atoms with Crippen LogP contribution in [0.15, 0.2) is 54.6 Å². The molecule has 1 fully saturated rings. The fourth-order valence-corrected chi connectivity index (χ4v) is 2.73. The number of likely N-dealkylation sites (tertiary alicyclic amines) is 1. The fraction of sp³-hybridized carbons (Fsp3) is 0.278. The molecule has 3 N–H and O–H groups in total. The van der Waals surface area contributed by atoms with Gasteiger partial charge in [-0.2, -0.15) is 0 Å². The molecule has 0 atom stereocenters. The molecule has 1 aliphatic heterocycles. The number of nitrogens with one attached hydrogen (secondary N) is 1. The molecule has 0 unspecified atom stereocenters. The lowest BCUT2D eigenvalue weighted by Gasteiger charge is -2.30. The molecular formula is C18H21N3O. The Kier molecular flexibility index (Phi) is 4.39. The van der Waals surface area contributed by atoms with Crippen molar-refractivity contribution in [1.82, 2.24) is 4.90 Å². The summed E-state index contributed by atoms with van der Waals surface area (Å²) in [5.41, 5.74) is 8.44. The maximum Gasteiger partial charge on any atom is 0.255 e. The number of amides is 1. The van der Waals surface area contributed by atoms with E-state index in [1.165, 1.54) is 0 Å². The highest BCUT2D eigenvalue weighted by Gasteiger charge is 2.23. The smallest absolute Gasteiger partial charge is 0.255 e. The first-order chi connectivity index (χ1) is 10.7. The van der Waals surface area contributed by atoms with Crippen molar-refractivity contribution in [2.45, 2.75) is 18.9 Å². The molecule has 4 nitrogen and oxygen atoms in total. The van der Waals surface area contributed by atoms with Crippen LogP contribution < -0.4 is 11.1 Å². The average Bonchev–Trinajstić information content (AvgIpc) is 2.56. The van der Waals surface area contributed by atoms with Gasteiger partial charge in [-0.25, -0.2) is 0 Å². The number of hydrogen-bond donors (Lipinski definition) is 2. The first kappa shape index (κ1) is 14.6. The number of rotatable bonds is 3. The van der Waals surface area contributed by atoms with Crippen LogP contribution in [-0.2, 0) is 0 Å². The number of hydrogen-bond acceptors (Lipinski definition) is 3. The lowest BCUT2D eigenvalue weighted by atomic mass is 10.0. The van der Waals surface area contributed by atoms with E-state index in [-0.39, 0.29) is 11.9 Å². The molecule has 0 bridgehead atoms. The van der Waals surface area contributed by atoms with E-state index in [4.69, 9.17) is 5.73 Å². The van der Waals surface area contributed by atoms with Crippen LogP contribution >= 0.6 is 0 Å². The Morgan fingerprint density at radius 3 is 2.36 bits per heavy atom. The summed E-state index contributed by atoms with van der Waals surface area (Å²) >= 11 is 0. The summed E-state index contributed by atoms with van der Waals surface area (Å²) in [5.74, 6) is 0.0749. The van der Waals surface area contributed by atoms with Gasteiger partial charge in [-0.1, -0.05) is 30.3 Å². The number of piperidine rings is 1. The minimum Gasteiger partial charge on any atom is -0.355 e. The van der Waals surface area contributed by atoms with Crippen molar-refractivity contribution in [3.8, 4) is 0 Å². The molecule has 4 heteroatoms. The van der Waals surface area contributed by atoms with Gasteiger partial charge in [0.05, 0.1) is 11.3 Å². The van der Waals surface area contributed by atoms with Crippen molar-refractivity contribution in [2.75, 3.05) is 18.4 Å². The molecule has 1 aliphatic rings. The van der Waals surface area contributed by atoms with Gasteiger partial charge in [0.1, 0.15) is 0 Å². The van der Waals surface area contributed by atoms with Crippen LogP contribution in [0.1, 0.15) is 23.2 Å². The fourth-order valence-electron chi connectivity index (χ4n) is 2.73. The van der Waals surface area contributed by atoms with Gasteiger partial charge >= 0.3 is 0 Å². The van der Waals surface area contributed by atoms with Crippen LogP contribution in [0.5, 0.6) is 0 Å². The van der Waals surface area contributed by atoms with Crippen LogP contribution in [0.25, 0.3) is 0 Å². The van der Waals surface area contributed by atoms with Crippen LogP contribution in [0.2, 0.25) is 0 Å². The third kappa shape index (κ3) is 3.28. The van der Waals surface area contributed by atoms with E-state index in [9.17, 15) is 4.79 Å². The van der Waals surface area contributed by atoms with E-state index in [1.54, 1.807) is 0 Å². The molecule has 3 rings (SSSR count). The zero-order valence-electron chi connectivity index (χ0n) is 12.5. The number of carbonyl (C=O) groups excluding carboxylic acids is 1. The summed E-state index contributed by atoms with van der Waals surface area (Å²) in [6, 6.07) is 17.8. The quantitative estimate of drug-likeness (QED) is 0.915. The number of benzene rings is 2. The van der Waals surface area contributed by atoms with E-state index < -0.39 is 0 Å². The topological polar surface area (TPSA) is 58.4 Å². The summed E-state index contributed by atoms with van der Waals surface area (Å²) in [6.45, 7) is 1.47. The van der Waals surface area contributed by atoms with Gasteiger partial charge in [-0.15, -0.1) is 0 Å². The minimum absolute atomic E-state index is 0.0749. The number of nitrogens with zero attached hydrogens (tertiary/aromatic N) is 1. The highest BCUT2D eigenvalue weighted by molar-refractivity contribution is 6.00. The summed E-state index contributed by atoms with van der Waals surface area (Å²) in [6.07, 6.45) is 1.75. The number of anilines is 2. The Labute approximate surface area is 130 Å². The predicted molar refractivity (Wildman–Crippen MR) is 89.3 cm³/mol. The standard InChI is InChI=1S/C18H21N3O/c19-14-10-12-21(13-11-14)18(22)16-8-4-5-9-17(16)20-15-6-2-1-3-7-15/h1-9,14,20H,10-13,19H2. The van der Waals surface area contributed by atoms with Gasteiger partial charge in [-0.05, 0) is 37.1 Å². The van der Waals surface area contributed by atoms with E-state index in [0.717, 1.165) is 37.3 Å². The SMILES string of the molecule is NC1CCN(C(=O)c2ccccc2Nc2ccccc2)CC1. The van der Waals surface area contributed by atoms with Crippen molar-refractivity contribution in [3.63, 3.8) is 0 Å². The summed E-state index contributed by atoms with van der Waals surface area (Å²) < 4.78 is 0. The van der Waals surface area contributed by atoms with Crippen LogP contribution in [0.4, 0.5) is 11.4 Å². The third-order valence-corrected chi connectivity index (χ3v) is 4.04. The summed E-state index contributed by atoms with van der Waals surface area (Å²) in [5, 5.41) is 3.33. The first-order valence-electron chi connectivity index (χ1n) is 7.70. The normalized spacial score (nSPS) is 15.6. The second kappa shape index (κ2) is 6.62. The van der Waals surface area contributed by atoms with E-state index in [2.05, 4.69) is 5.32 Å². The molecule has 0 radical (unpaired) electrons. The number of nitrogens with two attached hydrogens (primary N) is 1. The average molecular weight is 295 g/mol. The Morgan fingerprint density at radius 1 is 1.00 bits per heavy atom. The van der Waals surface area contributed by atoms with Crippen LogP contribution in [-0.4, -0.2) is 29.9 Å². The Morgan fingerprint density at radius 2 is 1.64 bits per heavy atom. The molecule has 114 valence electrons. The summed E-state index contributed by atoms with van der Waals surface area (Å²) in [4.78, 5) is 14.7. The Hall–Kier alpha value is -2.33. The molecule has 2 aromatic carbocycles. The molecular weight excluding hydrogens is 274 g/mol. The monoisotopic (exact) mass is 295 g/mol. The highest BCUT2D eigenvalue weighted by Crippen LogP contribution is 2.23. The molecule has 1 heterocycles. The zero-order chi connectivity index (χ0) is 15.4. The first-order valence-corrected chi connectivity index (χ1v) is 7.70. The highest BCUT2D eigenvalue weighted by atomic mass is 16.2.